The lowest BCUT2D eigenvalue weighted by atomic mass is 10.0. The van der Waals surface area contributed by atoms with Crippen LogP contribution in [0.1, 0.15) is 11.1 Å². The Morgan fingerprint density at radius 2 is 1.73 bits per heavy atom. The number of fused-ring (bicyclic) bond motifs is 2. The largest absolute Gasteiger partial charge is 0.438 e. The number of aromatic nitrogens is 2. The van der Waals surface area contributed by atoms with Crippen molar-refractivity contribution in [3.8, 4) is 23.0 Å². The Bertz CT molecular complexity index is 1290. The molecule has 0 saturated carbocycles. The molecule has 0 aliphatic carbocycles. The summed E-state index contributed by atoms with van der Waals surface area (Å²) in [7, 11) is 0. The molecule has 1 amide bonds. The molecule has 0 radical (unpaired) electrons. The van der Waals surface area contributed by atoms with Crippen molar-refractivity contribution in [2.45, 2.75) is 16.3 Å². The highest BCUT2D eigenvalue weighted by Gasteiger charge is 2.24. The number of carbonyl (C=O) groups is 1. The first-order chi connectivity index (χ1) is 16.2. The highest BCUT2D eigenvalue weighted by molar-refractivity contribution is 8.00. The van der Waals surface area contributed by atoms with Gasteiger partial charge in [-0.3, -0.25) is 4.79 Å². The van der Waals surface area contributed by atoms with Gasteiger partial charge in [-0.1, -0.05) is 60.3 Å². The molecule has 1 aliphatic heterocycles. The van der Waals surface area contributed by atoms with E-state index in [1.165, 1.54) is 16.7 Å². The Labute approximate surface area is 201 Å². The van der Waals surface area contributed by atoms with Crippen LogP contribution in [0.3, 0.4) is 0 Å². The van der Waals surface area contributed by atoms with Crippen molar-refractivity contribution in [1.29, 1.82) is 0 Å². The average Bonchev–Trinajstić information content (AvgIpc) is 2.86. The van der Waals surface area contributed by atoms with Crippen molar-refractivity contribution in [3.05, 3.63) is 90.0 Å². The van der Waals surface area contributed by atoms with E-state index in [-0.39, 0.29) is 11.7 Å². The van der Waals surface area contributed by atoms with Crippen LogP contribution in [0.4, 0.5) is 5.69 Å². The Hall–Kier alpha value is -3.29. The third kappa shape index (κ3) is 4.89. The van der Waals surface area contributed by atoms with Crippen LogP contribution in [0, 0.1) is 0 Å². The van der Waals surface area contributed by atoms with Crippen molar-refractivity contribution in [3.63, 3.8) is 0 Å². The van der Waals surface area contributed by atoms with Gasteiger partial charge in [0, 0.05) is 22.6 Å². The zero-order valence-corrected chi connectivity index (χ0v) is 19.6. The molecule has 0 unspecified atom stereocenters. The summed E-state index contributed by atoms with van der Waals surface area (Å²) in [5, 5.41) is 3.70. The van der Waals surface area contributed by atoms with Crippen LogP contribution in [0.2, 0.25) is 0 Å². The molecular formula is C26H21N3O2S2. The van der Waals surface area contributed by atoms with Gasteiger partial charge in [-0.25, -0.2) is 4.98 Å². The Morgan fingerprint density at radius 1 is 0.970 bits per heavy atom. The second-order valence-corrected chi connectivity index (χ2v) is 9.30. The molecule has 0 saturated heterocycles. The molecule has 1 N–H and O–H groups in total. The quantitative estimate of drug-likeness (QED) is 0.232. The Kier molecular flexibility index (Phi) is 6.32. The van der Waals surface area contributed by atoms with E-state index in [4.69, 9.17) is 14.7 Å². The third-order valence-electron chi connectivity index (χ3n) is 5.22. The molecule has 1 aliphatic rings. The summed E-state index contributed by atoms with van der Waals surface area (Å²) in [5.41, 5.74) is 3.69. The molecule has 0 spiro atoms. The molecule has 2 heterocycles. The van der Waals surface area contributed by atoms with E-state index >= 15 is 0 Å². The smallest absolute Gasteiger partial charge is 0.234 e. The number of nitrogens with one attached hydrogen (secondary N) is 1. The maximum atomic E-state index is 12.6. The molecule has 7 heteroatoms. The summed E-state index contributed by atoms with van der Waals surface area (Å²) in [6, 6.07) is 25.5. The van der Waals surface area contributed by atoms with Crippen LogP contribution in [0.5, 0.6) is 11.6 Å². The van der Waals surface area contributed by atoms with Gasteiger partial charge >= 0.3 is 0 Å². The first-order valence-electron chi connectivity index (χ1n) is 10.5. The van der Waals surface area contributed by atoms with E-state index in [1.807, 2.05) is 73.0 Å². The molecular weight excluding hydrogens is 450 g/mol. The summed E-state index contributed by atoms with van der Waals surface area (Å²) in [4.78, 5) is 23.3. The van der Waals surface area contributed by atoms with Crippen LogP contribution in [0.25, 0.3) is 11.4 Å². The molecule has 3 aromatic carbocycles. The maximum Gasteiger partial charge on any atom is 0.234 e. The van der Waals surface area contributed by atoms with Gasteiger partial charge in [-0.05, 0) is 42.2 Å². The minimum absolute atomic E-state index is 0.0819. The minimum atomic E-state index is -0.0819. The van der Waals surface area contributed by atoms with Gasteiger partial charge in [0.15, 0.2) is 5.82 Å². The molecule has 1 aromatic heterocycles. The predicted octanol–water partition coefficient (Wildman–Crippen LogP) is 6.29. The molecule has 0 bridgehead atoms. The fourth-order valence-corrected chi connectivity index (χ4v) is 4.80. The number of ether oxygens (including phenoxy) is 1. The number of carbonyl (C=O) groups excluding carboxylic acids is 1. The zero-order chi connectivity index (χ0) is 22.6. The van der Waals surface area contributed by atoms with Crippen molar-refractivity contribution in [2.24, 2.45) is 0 Å². The van der Waals surface area contributed by atoms with Crippen LogP contribution in [-0.2, 0) is 11.2 Å². The molecule has 5 rings (SSSR count). The van der Waals surface area contributed by atoms with Gasteiger partial charge in [0.2, 0.25) is 11.8 Å². The number of para-hydroxylation sites is 2. The number of thioether (sulfide) groups is 2. The standard InChI is InChI=1S/C26H21N3O2S2/c1-32-20-13-11-17(12-14-20)24-28-25-21(15-18-7-5-6-10-22(18)31-25)26(29-24)33-16-23(30)27-19-8-3-2-4-9-19/h2-14H,15-16H2,1H3,(H,27,30). The van der Waals surface area contributed by atoms with Gasteiger partial charge in [-0.15, -0.1) is 11.8 Å². The van der Waals surface area contributed by atoms with Gasteiger partial charge in [0.1, 0.15) is 10.8 Å². The predicted molar refractivity (Wildman–Crippen MR) is 134 cm³/mol. The third-order valence-corrected chi connectivity index (χ3v) is 6.98. The van der Waals surface area contributed by atoms with Crippen molar-refractivity contribution in [1.82, 2.24) is 9.97 Å². The van der Waals surface area contributed by atoms with Crippen LogP contribution >= 0.6 is 23.5 Å². The van der Waals surface area contributed by atoms with Gasteiger partial charge in [0.05, 0.1) is 11.3 Å². The Balaban J connectivity index is 1.45. The van der Waals surface area contributed by atoms with E-state index in [2.05, 4.69) is 17.4 Å². The normalized spacial score (nSPS) is 11.8. The monoisotopic (exact) mass is 471 g/mol. The second-order valence-electron chi connectivity index (χ2n) is 7.45. The number of amides is 1. The molecule has 4 aromatic rings. The topological polar surface area (TPSA) is 64.1 Å². The number of hydrogen-bond donors (Lipinski definition) is 1. The van der Waals surface area contributed by atoms with Crippen molar-refractivity contribution < 1.29 is 9.53 Å². The number of benzene rings is 3. The highest BCUT2D eigenvalue weighted by Crippen LogP contribution is 2.40. The molecule has 0 atom stereocenters. The highest BCUT2D eigenvalue weighted by atomic mass is 32.2. The number of nitrogens with zero attached hydrogens (tertiary/aromatic N) is 2. The maximum absolute atomic E-state index is 12.6. The van der Waals surface area contributed by atoms with Gasteiger partial charge < -0.3 is 10.1 Å². The van der Waals surface area contributed by atoms with Crippen molar-refractivity contribution in [2.75, 3.05) is 17.3 Å². The summed E-state index contributed by atoms with van der Waals surface area (Å²) in [5.74, 6) is 2.11. The van der Waals surface area contributed by atoms with Crippen LogP contribution in [0.15, 0.2) is 88.8 Å². The second kappa shape index (κ2) is 9.68. The van der Waals surface area contributed by atoms with Crippen LogP contribution in [-0.4, -0.2) is 27.9 Å². The van der Waals surface area contributed by atoms with E-state index in [0.717, 1.165) is 33.2 Å². The lowest BCUT2D eigenvalue weighted by Gasteiger charge is -2.21. The van der Waals surface area contributed by atoms with Gasteiger partial charge in [0.25, 0.3) is 0 Å². The summed E-state index contributed by atoms with van der Waals surface area (Å²) >= 11 is 3.10. The zero-order valence-electron chi connectivity index (χ0n) is 17.9. The molecule has 164 valence electrons. The lowest BCUT2D eigenvalue weighted by molar-refractivity contribution is -0.113. The van der Waals surface area contributed by atoms with Crippen LogP contribution < -0.4 is 10.1 Å². The van der Waals surface area contributed by atoms with E-state index in [9.17, 15) is 4.79 Å². The molecule has 0 fully saturated rings. The Morgan fingerprint density at radius 3 is 2.52 bits per heavy atom. The number of anilines is 1. The molecule has 5 nitrogen and oxygen atoms in total. The minimum Gasteiger partial charge on any atom is -0.438 e. The molecule has 33 heavy (non-hydrogen) atoms. The van der Waals surface area contributed by atoms with Gasteiger partial charge in [-0.2, -0.15) is 4.98 Å². The first-order valence-corrected chi connectivity index (χ1v) is 12.7. The summed E-state index contributed by atoms with van der Waals surface area (Å²) < 4.78 is 6.16. The van der Waals surface area contributed by atoms with E-state index in [1.54, 1.807) is 11.8 Å². The van der Waals surface area contributed by atoms with E-state index in [0.29, 0.717) is 18.1 Å². The summed E-state index contributed by atoms with van der Waals surface area (Å²) in [6.45, 7) is 0. The fraction of sp³-hybridized carbons (Fsp3) is 0.115. The fourth-order valence-electron chi connectivity index (χ4n) is 3.56. The summed E-state index contributed by atoms with van der Waals surface area (Å²) in [6.07, 6.45) is 2.71. The first kappa shape index (κ1) is 21.6. The number of hydrogen-bond acceptors (Lipinski definition) is 6. The van der Waals surface area contributed by atoms with E-state index < -0.39 is 0 Å². The SMILES string of the molecule is CSc1ccc(-c2nc3c(c(SCC(=O)Nc4ccccc4)n2)Cc2ccccc2O3)cc1. The lowest BCUT2D eigenvalue weighted by Crippen LogP contribution is -2.15. The number of rotatable bonds is 6. The van der Waals surface area contributed by atoms with Crippen molar-refractivity contribution >= 4 is 35.1 Å². The average molecular weight is 472 g/mol.